The average Bonchev–Trinajstić information content (AvgIpc) is 3.65. The van der Waals surface area contributed by atoms with Gasteiger partial charge in [-0.3, -0.25) is 4.79 Å². The zero-order chi connectivity index (χ0) is 29.1. The van der Waals surface area contributed by atoms with Crippen LogP contribution in [0.4, 0.5) is 5.00 Å². The van der Waals surface area contributed by atoms with E-state index in [2.05, 4.69) is 56.4 Å². The fourth-order valence-electron chi connectivity index (χ4n) is 5.70. The highest BCUT2D eigenvalue weighted by Gasteiger charge is 2.33. The summed E-state index contributed by atoms with van der Waals surface area (Å²) in [6.07, 6.45) is 6.42. The Morgan fingerprint density at radius 2 is 1.86 bits per heavy atom. The number of amides is 1. The van der Waals surface area contributed by atoms with Gasteiger partial charge < -0.3 is 14.5 Å². The minimum absolute atomic E-state index is 0.108. The van der Waals surface area contributed by atoms with Crippen LogP contribution in [0.5, 0.6) is 5.75 Å². The number of ether oxygens (including phenoxy) is 1. The van der Waals surface area contributed by atoms with Gasteiger partial charge in [-0.05, 0) is 70.7 Å². The first kappa shape index (κ1) is 28.0. The van der Waals surface area contributed by atoms with Gasteiger partial charge in [-0.2, -0.15) is 0 Å². The largest absolute Gasteiger partial charge is 0.488 e. The van der Waals surface area contributed by atoms with Gasteiger partial charge in [0.25, 0.3) is 5.91 Å². The van der Waals surface area contributed by atoms with Crippen LogP contribution in [0.2, 0.25) is 0 Å². The highest BCUT2D eigenvalue weighted by Crippen LogP contribution is 2.45. The third kappa shape index (κ3) is 6.04. The number of rotatable bonds is 8. The summed E-state index contributed by atoms with van der Waals surface area (Å²) in [4.78, 5) is 20.0. The second kappa shape index (κ2) is 12.0. The fourth-order valence-corrected chi connectivity index (χ4v) is 6.97. The second-order valence-corrected chi connectivity index (χ2v) is 13.1. The monoisotopic (exact) mass is 576 g/mol. The molecule has 6 rings (SSSR count). The number of aliphatic imine (C=N–C) groups is 1. The van der Waals surface area contributed by atoms with E-state index in [0.29, 0.717) is 24.6 Å². The molecule has 0 bridgehead atoms. The van der Waals surface area contributed by atoms with E-state index < -0.39 is 0 Å². The van der Waals surface area contributed by atoms with Crippen molar-refractivity contribution < 1.29 is 13.9 Å². The van der Waals surface area contributed by atoms with Crippen LogP contribution in [0.1, 0.15) is 64.9 Å². The minimum Gasteiger partial charge on any atom is -0.488 e. The summed E-state index contributed by atoms with van der Waals surface area (Å²) >= 11 is 1.65. The number of benzene rings is 3. The number of hydrogen-bond acceptors (Lipinski definition) is 5. The van der Waals surface area contributed by atoms with Crippen LogP contribution >= 0.6 is 11.3 Å². The average molecular weight is 577 g/mol. The van der Waals surface area contributed by atoms with E-state index in [1.165, 1.54) is 4.88 Å². The SMILES string of the molecule is CC(C)(C)[C@@H]1CCc2c(sc(N=Cc3c(OCc4ccccc4)ccc4ccccc34)c2C(=O)NCc2ccco2)C1. The zero-order valence-electron chi connectivity index (χ0n) is 24.4. The lowest BCUT2D eigenvalue weighted by molar-refractivity contribution is 0.0947. The van der Waals surface area contributed by atoms with Crippen LogP contribution in [-0.2, 0) is 26.0 Å². The van der Waals surface area contributed by atoms with E-state index in [1.807, 2.05) is 54.7 Å². The van der Waals surface area contributed by atoms with Gasteiger partial charge in [-0.1, -0.05) is 81.4 Å². The van der Waals surface area contributed by atoms with E-state index in [-0.39, 0.29) is 11.3 Å². The normalized spacial score (nSPS) is 15.2. The van der Waals surface area contributed by atoms with Crippen molar-refractivity contribution in [2.24, 2.45) is 16.3 Å². The molecule has 0 unspecified atom stereocenters. The van der Waals surface area contributed by atoms with Crippen molar-refractivity contribution in [2.75, 3.05) is 0 Å². The third-order valence-electron chi connectivity index (χ3n) is 8.18. The topological polar surface area (TPSA) is 63.8 Å². The van der Waals surface area contributed by atoms with Gasteiger partial charge in [0, 0.05) is 16.7 Å². The summed E-state index contributed by atoms with van der Waals surface area (Å²) in [7, 11) is 0. The van der Waals surface area contributed by atoms with E-state index in [0.717, 1.165) is 63.2 Å². The molecule has 1 aliphatic carbocycles. The first-order chi connectivity index (χ1) is 20.4. The van der Waals surface area contributed by atoms with Crippen LogP contribution in [0, 0.1) is 11.3 Å². The molecular weight excluding hydrogens is 540 g/mol. The Kier molecular flexibility index (Phi) is 7.98. The van der Waals surface area contributed by atoms with Crippen molar-refractivity contribution >= 4 is 39.2 Å². The Balaban J connectivity index is 1.37. The molecule has 6 heteroatoms. The van der Waals surface area contributed by atoms with Gasteiger partial charge in [-0.15, -0.1) is 11.3 Å². The summed E-state index contributed by atoms with van der Waals surface area (Å²) in [6.45, 7) is 7.73. The highest BCUT2D eigenvalue weighted by molar-refractivity contribution is 7.16. The molecular formula is C36H36N2O3S. The Bertz CT molecular complexity index is 1710. The Hall–Kier alpha value is -4.16. The molecule has 0 radical (unpaired) electrons. The molecule has 2 aromatic heterocycles. The molecule has 3 aromatic carbocycles. The van der Waals surface area contributed by atoms with Crippen molar-refractivity contribution in [3.05, 3.63) is 118 Å². The summed E-state index contributed by atoms with van der Waals surface area (Å²) in [5.74, 6) is 1.94. The summed E-state index contributed by atoms with van der Waals surface area (Å²) in [5.41, 5.74) is 4.05. The first-order valence-electron chi connectivity index (χ1n) is 14.5. The van der Waals surface area contributed by atoms with Crippen molar-refractivity contribution in [2.45, 2.75) is 53.2 Å². The summed E-state index contributed by atoms with van der Waals surface area (Å²) < 4.78 is 11.8. The molecule has 2 heterocycles. The predicted molar refractivity (Wildman–Crippen MR) is 171 cm³/mol. The maximum atomic E-state index is 13.7. The van der Waals surface area contributed by atoms with Crippen molar-refractivity contribution in [3.63, 3.8) is 0 Å². The minimum atomic E-state index is -0.108. The molecule has 5 aromatic rings. The molecule has 0 saturated heterocycles. The third-order valence-corrected chi connectivity index (χ3v) is 9.34. The van der Waals surface area contributed by atoms with Gasteiger partial charge in [0.2, 0.25) is 0 Å². The van der Waals surface area contributed by atoms with Crippen molar-refractivity contribution in [1.82, 2.24) is 5.32 Å². The highest BCUT2D eigenvalue weighted by atomic mass is 32.1. The maximum Gasteiger partial charge on any atom is 0.255 e. The zero-order valence-corrected chi connectivity index (χ0v) is 25.2. The van der Waals surface area contributed by atoms with Crippen LogP contribution < -0.4 is 10.1 Å². The standard InChI is InChI=1S/C36H36N2O3S/c1-36(2,3)26-16-17-29-32(20-26)42-35(33(29)34(39)37-21-27-13-9-19-40-27)38-22-30-28-14-8-7-12-25(28)15-18-31(30)41-23-24-10-5-4-6-11-24/h4-15,18-19,22,26H,16-17,20-21,23H2,1-3H3,(H,37,39)/t26-/m1/s1. The van der Waals surface area contributed by atoms with Gasteiger partial charge >= 0.3 is 0 Å². The number of nitrogens with zero attached hydrogens (tertiary/aromatic N) is 1. The van der Waals surface area contributed by atoms with Crippen molar-refractivity contribution in [1.29, 1.82) is 0 Å². The number of nitrogens with one attached hydrogen (secondary N) is 1. The van der Waals surface area contributed by atoms with Crippen LogP contribution in [0.15, 0.2) is 94.5 Å². The molecule has 5 nitrogen and oxygen atoms in total. The Morgan fingerprint density at radius 1 is 1.05 bits per heavy atom. The lowest BCUT2D eigenvalue weighted by atomic mass is 9.72. The molecule has 1 aliphatic rings. The molecule has 0 aliphatic heterocycles. The predicted octanol–water partition coefficient (Wildman–Crippen LogP) is 8.90. The van der Waals surface area contributed by atoms with Gasteiger partial charge in [0.1, 0.15) is 23.1 Å². The lowest BCUT2D eigenvalue weighted by Crippen LogP contribution is -2.28. The molecule has 1 amide bonds. The maximum absolute atomic E-state index is 13.7. The number of carbonyl (C=O) groups is 1. The number of thiophene rings is 1. The molecule has 42 heavy (non-hydrogen) atoms. The summed E-state index contributed by atoms with van der Waals surface area (Å²) in [5, 5.41) is 5.99. The molecule has 0 saturated carbocycles. The molecule has 0 fully saturated rings. The molecule has 1 atom stereocenters. The number of furan rings is 1. The fraction of sp³-hybridized carbons (Fsp3) is 0.278. The number of fused-ring (bicyclic) bond motifs is 2. The van der Waals surface area contributed by atoms with E-state index in [4.69, 9.17) is 14.1 Å². The summed E-state index contributed by atoms with van der Waals surface area (Å²) in [6, 6.07) is 26.2. The molecule has 214 valence electrons. The van der Waals surface area contributed by atoms with E-state index >= 15 is 0 Å². The van der Waals surface area contributed by atoms with E-state index in [9.17, 15) is 4.79 Å². The first-order valence-corrected chi connectivity index (χ1v) is 15.4. The van der Waals surface area contributed by atoms with E-state index in [1.54, 1.807) is 17.6 Å². The van der Waals surface area contributed by atoms with Gasteiger partial charge in [-0.25, -0.2) is 4.99 Å². The number of carbonyl (C=O) groups excluding carboxylic acids is 1. The smallest absolute Gasteiger partial charge is 0.255 e. The second-order valence-electron chi connectivity index (χ2n) is 12.0. The van der Waals surface area contributed by atoms with Crippen LogP contribution in [-0.4, -0.2) is 12.1 Å². The van der Waals surface area contributed by atoms with Gasteiger partial charge in [0.05, 0.1) is 18.4 Å². The quantitative estimate of drug-likeness (QED) is 0.188. The molecule has 1 N–H and O–H groups in total. The Labute approximate surface area is 251 Å². The molecule has 0 spiro atoms. The Morgan fingerprint density at radius 3 is 2.64 bits per heavy atom. The van der Waals surface area contributed by atoms with Crippen LogP contribution in [0.25, 0.3) is 10.8 Å². The van der Waals surface area contributed by atoms with Gasteiger partial charge in [0.15, 0.2) is 0 Å². The van der Waals surface area contributed by atoms with Crippen molar-refractivity contribution in [3.8, 4) is 5.75 Å². The van der Waals surface area contributed by atoms with Crippen LogP contribution in [0.3, 0.4) is 0 Å². The number of hydrogen-bond donors (Lipinski definition) is 1. The lowest BCUT2D eigenvalue weighted by Gasteiger charge is -2.33.